The molecule has 0 aliphatic rings. The van der Waals surface area contributed by atoms with Crippen molar-refractivity contribution in [1.29, 1.82) is 0 Å². The smallest absolute Gasteiger partial charge is 0.203 e. The molecule has 0 fully saturated rings. The van der Waals surface area contributed by atoms with E-state index >= 15 is 0 Å². The summed E-state index contributed by atoms with van der Waals surface area (Å²) in [6.45, 7) is 0.0384. The van der Waals surface area contributed by atoms with Crippen LogP contribution in [0.2, 0.25) is 0 Å². The van der Waals surface area contributed by atoms with Crippen molar-refractivity contribution < 1.29 is 22.3 Å². The van der Waals surface area contributed by atoms with Crippen molar-refractivity contribution in [3.05, 3.63) is 58.1 Å². The Balaban J connectivity index is 1.95. The zero-order chi connectivity index (χ0) is 15.4. The first-order chi connectivity index (χ1) is 9.99. The van der Waals surface area contributed by atoms with Gasteiger partial charge in [0.2, 0.25) is 11.6 Å². The van der Waals surface area contributed by atoms with Gasteiger partial charge in [-0.1, -0.05) is 22.0 Å². The minimum Gasteiger partial charge on any atom is -0.486 e. The lowest BCUT2D eigenvalue weighted by atomic mass is 10.3. The number of benzene rings is 2. The molecule has 0 unspecified atom stereocenters. The molecule has 2 aromatic rings. The van der Waals surface area contributed by atoms with E-state index in [9.17, 15) is 17.6 Å². The van der Waals surface area contributed by atoms with Crippen LogP contribution >= 0.6 is 15.9 Å². The van der Waals surface area contributed by atoms with Crippen LogP contribution in [0.4, 0.5) is 23.2 Å². The Morgan fingerprint density at radius 3 is 2.29 bits per heavy atom. The zero-order valence-electron chi connectivity index (χ0n) is 10.6. The molecule has 1 N–H and O–H groups in total. The lowest BCUT2D eigenvalue weighted by molar-refractivity contribution is 0.282. The number of hydrogen-bond acceptors (Lipinski definition) is 2. The van der Waals surface area contributed by atoms with Crippen molar-refractivity contribution in [2.75, 3.05) is 18.5 Å². The van der Waals surface area contributed by atoms with E-state index in [-0.39, 0.29) is 19.2 Å². The molecule has 112 valence electrons. The summed E-state index contributed by atoms with van der Waals surface area (Å²) in [6.07, 6.45) is 0. The van der Waals surface area contributed by atoms with Crippen LogP contribution in [0.3, 0.4) is 0 Å². The summed E-state index contributed by atoms with van der Waals surface area (Å²) in [4.78, 5) is 0. The third-order valence-corrected chi connectivity index (χ3v) is 3.07. The molecule has 2 nitrogen and oxygen atoms in total. The third-order valence-electron chi connectivity index (χ3n) is 2.57. The molecule has 7 heteroatoms. The molecule has 0 atom stereocenters. The minimum atomic E-state index is -1.55. The van der Waals surface area contributed by atoms with E-state index in [1.165, 1.54) is 0 Å². The molecule has 0 aliphatic carbocycles. The van der Waals surface area contributed by atoms with Crippen molar-refractivity contribution in [2.24, 2.45) is 0 Å². The van der Waals surface area contributed by atoms with Crippen LogP contribution in [0.5, 0.6) is 5.75 Å². The molecule has 2 aromatic carbocycles. The maximum absolute atomic E-state index is 13.3. The molecule has 2 rings (SSSR count). The number of hydrogen-bond donors (Lipinski definition) is 1. The average Bonchev–Trinajstić information content (AvgIpc) is 2.44. The third kappa shape index (κ3) is 3.87. The first kappa shape index (κ1) is 15.6. The second kappa shape index (κ2) is 6.80. The van der Waals surface area contributed by atoms with Crippen molar-refractivity contribution in [3.8, 4) is 5.75 Å². The maximum atomic E-state index is 13.3. The molecule has 0 radical (unpaired) electrons. The van der Waals surface area contributed by atoms with Crippen LogP contribution in [0.1, 0.15) is 0 Å². The fourth-order valence-electron chi connectivity index (χ4n) is 1.62. The number of ether oxygens (including phenoxy) is 1. The molecule has 0 bridgehead atoms. The molecule has 0 spiro atoms. The summed E-state index contributed by atoms with van der Waals surface area (Å²) in [7, 11) is 0. The van der Waals surface area contributed by atoms with Gasteiger partial charge in [-0.05, 0) is 18.2 Å². The molecular formula is C14H10BrF4NO. The van der Waals surface area contributed by atoms with E-state index in [2.05, 4.69) is 21.2 Å². The monoisotopic (exact) mass is 363 g/mol. The van der Waals surface area contributed by atoms with Gasteiger partial charge in [-0.2, -0.15) is 8.78 Å². The Morgan fingerprint density at radius 2 is 1.67 bits per heavy atom. The van der Waals surface area contributed by atoms with Crippen LogP contribution < -0.4 is 10.1 Å². The van der Waals surface area contributed by atoms with E-state index in [1.807, 2.05) is 6.07 Å². The number of halogens is 5. The van der Waals surface area contributed by atoms with E-state index < -0.39 is 29.0 Å². The molecule has 0 saturated heterocycles. The highest BCUT2D eigenvalue weighted by Crippen LogP contribution is 2.26. The summed E-state index contributed by atoms with van der Waals surface area (Å²) in [5.41, 5.74) is 0.763. The molecule has 0 aliphatic heterocycles. The van der Waals surface area contributed by atoms with Crippen molar-refractivity contribution in [2.45, 2.75) is 0 Å². The summed E-state index contributed by atoms with van der Waals surface area (Å²) in [6, 6.07) is 7.35. The normalized spacial score (nSPS) is 10.5. The van der Waals surface area contributed by atoms with Crippen LogP contribution in [0, 0.1) is 23.3 Å². The Labute approximate surface area is 126 Å². The Hall–Kier alpha value is -1.76. The summed E-state index contributed by atoms with van der Waals surface area (Å²) in [5.74, 6) is -7.14. The Bertz CT molecular complexity index is 625. The van der Waals surface area contributed by atoms with E-state index in [0.717, 1.165) is 10.2 Å². The van der Waals surface area contributed by atoms with Gasteiger partial charge in [-0.3, -0.25) is 0 Å². The average molecular weight is 364 g/mol. The fourth-order valence-corrected chi connectivity index (χ4v) is 2.02. The SMILES string of the molecule is Fc1cc(F)c(F)c(OCCNc2cccc(Br)c2)c1F. The maximum Gasteiger partial charge on any atom is 0.203 e. The Morgan fingerprint density at radius 1 is 1.00 bits per heavy atom. The standard InChI is InChI=1S/C14H10BrF4NO/c15-8-2-1-3-9(6-8)20-4-5-21-14-12(18)10(16)7-11(17)13(14)19/h1-3,6-7,20H,4-5H2. The second-order valence-electron chi connectivity index (χ2n) is 4.08. The van der Waals surface area contributed by atoms with Gasteiger partial charge < -0.3 is 10.1 Å². The first-order valence-corrected chi connectivity index (χ1v) is 6.73. The van der Waals surface area contributed by atoms with Gasteiger partial charge in [0, 0.05) is 22.8 Å². The largest absolute Gasteiger partial charge is 0.486 e. The number of rotatable bonds is 5. The molecule has 0 amide bonds. The fraction of sp³-hybridized carbons (Fsp3) is 0.143. The predicted octanol–water partition coefficient (Wildman–Crippen LogP) is 4.50. The molecule has 0 saturated carbocycles. The van der Waals surface area contributed by atoms with Crippen LogP contribution in [-0.4, -0.2) is 13.2 Å². The summed E-state index contributed by atoms with van der Waals surface area (Å²) in [5, 5.41) is 2.94. The predicted molar refractivity (Wildman–Crippen MR) is 74.4 cm³/mol. The minimum absolute atomic E-state index is 0.136. The van der Waals surface area contributed by atoms with Gasteiger partial charge in [-0.25, -0.2) is 8.78 Å². The van der Waals surface area contributed by atoms with Crippen LogP contribution in [0.25, 0.3) is 0 Å². The quantitative estimate of drug-likeness (QED) is 0.479. The lowest BCUT2D eigenvalue weighted by Gasteiger charge is -2.11. The van der Waals surface area contributed by atoms with Crippen molar-refractivity contribution in [1.82, 2.24) is 0 Å². The number of nitrogens with one attached hydrogen (secondary N) is 1. The van der Waals surface area contributed by atoms with E-state index in [0.29, 0.717) is 0 Å². The highest BCUT2D eigenvalue weighted by Gasteiger charge is 2.20. The molecule has 21 heavy (non-hydrogen) atoms. The highest BCUT2D eigenvalue weighted by molar-refractivity contribution is 9.10. The summed E-state index contributed by atoms with van der Waals surface area (Å²) < 4.78 is 58.2. The van der Waals surface area contributed by atoms with Gasteiger partial charge in [-0.15, -0.1) is 0 Å². The van der Waals surface area contributed by atoms with Gasteiger partial charge in [0.1, 0.15) is 6.61 Å². The molecule has 0 heterocycles. The van der Waals surface area contributed by atoms with Crippen LogP contribution in [-0.2, 0) is 0 Å². The van der Waals surface area contributed by atoms with Crippen molar-refractivity contribution >= 4 is 21.6 Å². The number of anilines is 1. The Kier molecular flexibility index (Phi) is 5.06. The molecule has 0 aromatic heterocycles. The topological polar surface area (TPSA) is 21.3 Å². The second-order valence-corrected chi connectivity index (χ2v) is 5.00. The van der Waals surface area contributed by atoms with E-state index in [4.69, 9.17) is 4.74 Å². The molecular weight excluding hydrogens is 354 g/mol. The highest BCUT2D eigenvalue weighted by atomic mass is 79.9. The lowest BCUT2D eigenvalue weighted by Crippen LogP contribution is -2.13. The van der Waals surface area contributed by atoms with Gasteiger partial charge in [0.05, 0.1) is 0 Å². The first-order valence-electron chi connectivity index (χ1n) is 5.94. The van der Waals surface area contributed by atoms with E-state index in [1.54, 1.807) is 18.2 Å². The van der Waals surface area contributed by atoms with Gasteiger partial charge in [0.25, 0.3) is 0 Å². The summed E-state index contributed by atoms with van der Waals surface area (Å²) >= 11 is 3.29. The zero-order valence-corrected chi connectivity index (χ0v) is 12.2. The van der Waals surface area contributed by atoms with Gasteiger partial charge in [0.15, 0.2) is 17.4 Å². The van der Waals surface area contributed by atoms with Crippen molar-refractivity contribution in [3.63, 3.8) is 0 Å². The van der Waals surface area contributed by atoms with Gasteiger partial charge >= 0.3 is 0 Å². The van der Waals surface area contributed by atoms with Crippen LogP contribution in [0.15, 0.2) is 34.8 Å².